The van der Waals surface area contributed by atoms with Gasteiger partial charge in [-0.1, -0.05) is 24.3 Å². The first kappa shape index (κ1) is 17.2. The Hall–Kier alpha value is -2.17. The zero-order chi connectivity index (χ0) is 16.8. The lowest BCUT2D eigenvalue weighted by atomic mass is 10.0. The fourth-order valence-electron chi connectivity index (χ4n) is 1.95. The molecule has 0 bridgehead atoms. The number of fused-ring (bicyclic) bond motifs is 1. The molecule has 0 radical (unpaired) electrons. The van der Waals surface area contributed by atoms with Crippen LogP contribution in [0.4, 0.5) is 5.82 Å². The molecule has 2 rings (SSSR count). The minimum absolute atomic E-state index is 0.222. The Kier molecular flexibility index (Phi) is 5.90. The monoisotopic (exact) mass is 322 g/mol. The highest BCUT2D eigenvalue weighted by Gasteiger charge is 2.28. The van der Waals surface area contributed by atoms with Gasteiger partial charge in [0.1, 0.15) is 18.3 Å². The number of benzene rings is 1. The SMILES string of the molecule is OC/C(=N/Nc1nncc2ccccc12)[C@H](O)[C@H](O)[C@@H](O)CO. The fraction of sp³-hybridized carbons (Fsp3) is 0.357. The van der Waals surface area contributed by atoms with Gasteiger partial charge in [0.15, 0.2) is 5.82 Å². The third-order valence-corrected chi connectivity index (χ3v) is 3.28. The molecule has 6 N–H and O–H groups in total. The van der Waals surface area contributed by atoms with Gasteiger partial charge in [-0.25, -0.2) is 0 Å². The summed E-state index contributed by atoms with van der Waals surface area (Å²) in [7, 11) is 0. The molecule has 0 amide bonds. The van der Waals surface area contributed by atoms with E-state index in [-0.39, 0.29) is 5.71 Å². The Labute approximate surface area is 131 Å². The van der Waals surface area contributed by atoms with Crippen molar-refractivity contribution in [1.82, 2.24) is 10.2 Å². The molecule has 9 nitrogen and oxygen atoms in total. The highest BCUT2D eigenvalue weighted by Crippen LogP contribution is 2.19. The fourth-order valence-corrected chi connectivity index (χ4v) is 1.95. The van der Waals surface area contributed by atoms with Gasteiger partial charge in [-0.2, -0.15) is 10.2 Å². The van der Waals surface area contributed by atoms with Crippen LogP contribution in [0.2, 0.25) is 0 Å². The van der Waals surface area contributed by atoms with Gasteiger partial charge >= 0.3 is 0 Å². The van der Waals surface area contributed by atoms with Crippen molar-refractivity contribution in [2.24, 2.45) is 5.10 Å². The molecule has 0 saturated heterocycles. The molecule has 0 aliphatic heterocycles. The van der Waals surface area contributed by atoms with Crippen molar-refractivity contribution in [3.8, 4) is 0 Å². The molecule has 1 heterocycles. The molecule has 0 fully saturated rings. The van der Waals surface area contributed by atoms with Gasteiger partial charge < -0.3 is 25.5 Å². The number of anilines is 1. The molecule has 0 aliphatic carbocycles. The van der Waals surface area contributed by atoms with Crippen LogP contribution in [0, 0.1) is 0 Å². The smallest absolute Gasteiger partial charge is 0.176 e. The van der Waals surface area contributed by atoms with Crippen molar-refractivity contribution in [3.63, 3.8) is 0 Å². The topological polar surface area (TPSA) is 151 Å². The standard InChI is InChI=1S/C14H18N4O5/c19-6-10(12(22)13(23)11(21)7-20)16-18-14-9-4-2-1-3-8(9)5-15-17-14/h1-5,11-13,19-23H,6-7H2,(H,17,18)/b16-10-/t11-,12-,13+/m0/s1. The largest absolute Gasteiger partial charge is 0.394 e. The molecule has 2 aromatic rings. The highest BCUT2D eigenvalue weighted by molar-refractivity contribution is 5.93. The summed E-state index contributed by atoms with van der Waals surface area (Å²) in [5, 5.41) is 60.0. The number of aliphatic hydroxyl groups excluding tert-OH is 5. The van der Waals surface area contributed by atoms with E-state index in [4.69, 9.17) is 5.11 Å². The molecular weight excluding hydrogens is 304 g/mol. The highest BCUT2D eigenvalue weighted by atomic mass is 16.4. The number of hydrogen-bond acceptors (Lipinski definition) is 9. The van der Waals surface area contributed by atoms with E-state index in [0.29, 0.717) is 5.82 Å². The summed E-state index contributed by atoms with van der Waals surface area (Å²) in [6.07, 6.45) is -3.32. The Balaban J connectivity index is 2.21. The summed E-state index contributed by atoms with van der Waals surface area (Å²) < 4.78 is 0. The summed E-state index contributed by atoms with van der Waals surface area (Å²) in [6.45, 7) is -1.40. The summed E-state index contributed by atoms with van der Waals surface area (Å²) in [5.74, 6) is 0.304. The Morgan fingerprint density at radius 2 is 1.91 bits per heavy atom. The summed E-state index contributed by atoms with van der Waals surface area (Å²) in [4.78, 5) is 0. The van der Waals surface area contributed by atoms with Crippen LogP contribution in [0.25, 0.3) is 10.8 Å². The second-order valence-electron chi connectivity index (χ2n) is 4.84. The molecule has 1 aromatic heterocycles. The normalized spacial score (nSPS) is 16.1. The van der Waals surface area contributed by atoms with E-state index in [1.165, 1.54) is 0 Å². The average molecular weight is 322 g/mol. The van der Waals surface area contributed by atoms with E-state index >= 15 is 0 Å². The van der Waals surface area contributed by atoms with E-state index < -0.39 is 31.5 Å². The van der Waals surface area contributed by atoms with Gasteiger partial charge in [-0.15, -0.1) is 5.10 Å². The van der Waals surface area contributed by atoms with Crippen molar-refractivity contribution in [1.29, 1.82) is 0 Å². The molecular formula is C14H18N4O5. The van der Waals surface area contributed by atoms with E-state index in [9.17, 15) is 20.4 Å². The quantitative estimate of drug-likeness (QED) is 0.265. The van der Waals surface area contributed by atoms with Crippen molar-refractivity contribution >= 4 is 22.3 Å². The van der Waals surface area contributed by atoms with Gasteiger partial charge in [-0.05, 0) is 0 Å². The van der Waals surface area contributed by atoms with Crippen LogP contribution in [-0.2, 0) is 0 Å². The first-order valence-electron chi connectivity index (χ1n) is 6.87. The number of nitrogens with one attached hydrogen (secondary N) is 1. The third-order valence-electron chi connectivity index (χ3n) is 3.28. The van der Waals surface area contributed by atoms with Crippen LogP contribution >= 0.6 is 0 Å². The lowest BCUT2D eigenvalue weighted by Gasteiger charge is -2.22. The molecule has 0 spiro atoms. The van der Waals surface area contributed by atoms with Crippen molar-refractivity contribution in [2.75, 3.05) is 18.6 Å². The average Bonchev–Trinajstić information content (AvgIpc) is 2.60. The number of aliphatic hydroxyl groups is 5. The van der Waals surface area contributed by atoms with Gasteiger partial charge in [0.05, 0.1) is 25.1 Å². The van der Waals surface area contributed by atoms with Crippen molar-refractivity contribution in [2.45, 2.75) is 18.3 Å². The first-order chi connectivity index (χ1) is 11.1. The maximum atomic E-state index is 9.88. The van der Waals surface area contributed by atoms with Crippen LogP contribution in [0.3, 0.4) is 0 Å². The maximum Gasteiger partial charge on any atom is 0.176 e. The molecule has 9 heteroatoms. The Morgan fingerprint density at radius 1 is 1.17 bits per heavy atom. The second kappa shape index (κ2) is 7.90. The predicted octanol–water partition coefficient (Wildman–Crippen LogP) is -1.54. The molecule has 0 unspecified atom stereocenters. The van der Waals surface area contributed by atoms with E-state index in [1.807, 2.05) is 18.2 Å². The molecule has 23 heavy (non-hydrogen) atoms. The van der Waals surface area contributed by atoms with Gasteiger partial charge in [0.25, 0.3) is 0 Å². The minimum atomic E-state index is -1.69. The van der Waals surface area contributed by atoms with E-state index in [2.05, 4.69) is 20.7 Å². The second-order valence-corrected chi connectivity index (χ2v) is 4.84. The summed E-state index contributed by atoms with van der Waals surface area (Å²) in [6, 6.07) is 7.28. The summed E-state index contributed by atoms with van der Waals surface area (Å²) >= 11 is 0. The molecule has 3 atom stereocenters. The molecule has 1 aromatic carbocycles. The van der Waals surface area contributed by atoms with Crippen LogP contribution in [0.1, 0.15) is 0 Å². The van der Waals surface area contributed by atoms with Crippen LogP contribution in [0.5, 0.6) is 0 Å². The number of rotatable bonds is 7. The minimum Gasteiger partial charge on any atom is -0.394 e. The van der Waals surface area contributed by atoms with Crippen LogP contribution in [-0.4, -0.2) is 73.0 Å². The number of hydrogen-bond donors (Lipinski definition) is 6. The Morgan fingerprint density at radius 3 is 2.61 bits per heavy atom. The molecule has 0 saturated carbocycles. The van der Waals surface area contributed by atoms with Crippen molar-refractivity contribution < 1.29 is 25.5 Å². The zero-order valence-corrected chi connectivity index (χ0v) is 12.1. The predicted molar refractivity (Wildman–Crippen MR) is 82.8 cm³/mol. The van der Waals surface area contributed by atoms with Crippen LogP contribution < -0.4 is 5.43 Å². The molecule has 0 aliphatic rings. The maximum absolute atomic E-state index is 9.88. The molecule has 124 valence electrons. The lowest BCUT2D eigenvalue weighted by molar-refractivity contribution is -0.0564. The zero-order valence-electron chi connectivity index (χ0n) is 12.1. The third kappa shape index (κ3) is 3.97. The van der Waals surface area contributed by atoms with Crippen molar-refractivity contribution in [3.05, 3.63) is 30.5 Å². The Bertz CT molecular complexity index is 676. The van der Waals surface area contributed by atoms with E-state index in [0.717, 1.165) is 10.8 Å². The van der Waals surface area contributed by atoms with Gasteiger partial charge in [-0.3, -0.25) is 5.43 Å². The first-order valence-corrected chi connectivity index (χ1v) is 6.87. The van der Waals surface area contributed by atoms with E-state index in [1.54, 1.807) is 12.3 Å². The number of hydrazone groups is 1. The number of aromatic nitrogens is 2. The van der Waals surface area contributed by atoms with Gasteiger partial charge in [0.2, 0.25) is 0 Å². The van der Waals surface area contributed by atoms with Gasteiger partial charge in [0, 0.05) is 10.8 Å². The van der Waals surface area contributed by atoms with Crippen LogP contribution in [0.15, 0.2) is 35.6 Å². The lowest BCUT2D eigenvalue weighted by Crippen LogP contribution is -2.45. The number of nitrogens with zero attached hydrogens (tertiary/aromatic N) is 3. The summed E-state index contributed by atoms with van der Waals surface area (Å²) in [5.41, 5.74) is 2.35.